The molecule has 2 saturated heterocycles. The average molecular weight is 328 g/mol. The fraction of sp³-hybridized carbons (Fsp3) is 1.00. The van der Waals surface area contributed by atoms with Gasteiger partial charge in [0.1, 0.15) is 0 Å². The van der Waals surface area contributed by atoms with Gasteiger partial charge in [0.2, 0.25) is 0 Å². The van der Waals surface area contributed by atoms with E-state index >= 15 is 0 Å². The fourth-order valence-corrected chi connectivity index (χ4v) is 4.28. The molecule has 8 heteroatoms. The highest BCUT2D eigenvalue weighted by atomic mass is 35.5. The van der Waals surface area contributed by atoms with Crippen molar-refractivity contribution in [3.05, 3.63) is 0 Å². The highest BCUT2D eigenvalue weighted by Gasteiger charge is 2.35. The van der Waals surface area contributed by atoms with E-state index in [0.29, 0.717) is 26.2 Å². The van der Waals surface area contributed by atoms with Crippen molar-refractivity contribution < 1.29 is 13.2 Å². The number of methoxy groups -OCH3 is 1. The van der Waals surface area contributed by atoms with Gasteiger partial charge in [0, 0.05) is 26.7 Å². The largest absolute Gasteiger partial charge is 0.383 e. The minimum atomic E-state index is -3.34. The van der Waals surface area contributed by atoms with Gasteiger partial charge in [0.25, 0.3) is 10.2 Å². The normalized spacial score (nSPS) is 28.2. The first-order chi connectivity index (χ1) is 9.08. The van der Waals surface area contributed by atoms with Gasteiger partial charge in [-0.3, -0.25) is 0 Å². The Morgan fingerprint density at radius 1 is 1.25 bits per heavy atom. The van der Waals surface area contributed by atoms with Gasteiger partial charge in [-0.2, -0.15) is 12.7 Å². The summed E-state index contributed by atoms with van der Waals surface area (Å²) in [6.45, 7) is 3.14. The second-order valence-corrected chi connectivity index (χ2v) is 7.28. The third kappa shape index (κ3) is 4.54. The molecule has 0 saturated carbocycles. The van der Waals surface area contributed by atoms with Crippen LogP contribution < -0.4 is 10.0 Å². The third-order valence-corrected chi connectivity index (χ3v) is 5.55. The maximum absolute atomic E-state index is 12.2. The number of halogens is 1. The number of hydrogen-bond acceptors (Lipinski definition) is 4. The van der Waals surface area contributed by atoms with E-state index in [1.807, 2.05) is 0 Å². The van der Waals surface area contributed by atoms with E-state index in [0.717, 1.165) is 38.6 Å². The SMILES string of the molecule is COCC1(CNS(=O)(=O)N2CCCCC2)CCCN1.Cl. The van der Waals surface area contributed by atoms with Crippen LogP contribution >= 0.6 is 12.4 Å². The van der Waals surface area contributed by atoms with Crippen molar-refractivity contribution >= 4 is 22.6 Å². The Hall–Kier alpha value is 0.0800. The molecule has 0 aromatic carbocycles. The van der Waals surface area contributed by atoms with Crippen molar-refractivity contribution in [2.45, 2.75) is 37.6 Å². The monoisotopic (exact) mass is 327 g/mol. The topological polar surface area (TPSA) is 70.7 Å². The van der Waals surface area contributed by atoms with Crippen LogP contribution in [0, 0.1) is 0 Å². The van der Waals surface area contributed by atoms with Gasteiger partial charge >= 0.3 is 0 Å². The first kappa shape index (κ1) is 18.1. The third-order valence-electron chi connectivity index (χ3n) is 4.00. The van der Waals surface area contributed by atoms with Gasteiger partial charge in [-0.25, -0.2) is 4.72 Å². The summed E-state index contributed by atoms with van der Waals surface area (Å²) in [5, 5.41) is 3.38. The molecule has 2 aliphatic heterocycles. The van der Waals surface area contributed by atoms with Crippen LogP contribution in [0.4, 0.5) is 0 Å². The van der Waals surface area contributed by atoms with Crippen molar-refractivity contribution in [3.63, 3.8) is 0 Å². The van der Waals surface area contributed by atoms with E-state index in [2.05, 4.69) is 10.0 Å². The zero-order chi connectivity index (χ0) is 13.8. The summed E-state index contributed by atoms with van der Waals surface area (Å²) in [5.74, 6) is 0. The molecule has 0 bridgehead atoms. The van der Waals surface area contributed by atoms with E-state index in [4.69, 9.17) is 4.74 Å². The maximum Gasteiger partial charge on any atom is 0.279 e. The van der Waals surface area contributed by atoms with Crippen LogP contribution in [0.25, 0.3) is 0 Å². The molecule has 2 rings (SSSR count). The van der Waals surface area contributed by atoms with Crippen molar-refractivity contribution in [2.24, 2.45) is 0 Å². The minimum Gasteiger partial charge on any atom is -0.383 e. The Morgan fingerprint density at radius 2 is 1.95 bits per heavy atom. The van der Waals surface area contributed by atoms with Crippen LogP contribution in [0.3, 0.4) is 0 Å². The van der Waals surface area contributed by atoms with Gasteiger partial charge in [-0.1, -0.05) is 6.42 Å². The van der Waals surface area contributed by atoms with E-state index in [1.54, 1.807) is 11.4 Å². The summed E-state index contributed by atoms with van der Waals surface area (Å²) in [6.07, 6.45) is 5.06. The number of ether oxygens (including phenoxy) is 1. The first-order valence-electron chi connectivity index (χ1n) is 7.07. The lowest BCUT2D eigenvalue weighted by Crippen LogP contribution is -2.55. The number of rotatable bonds is 6. The fourth-order valence-electron chi connectivity index (χ4n) is 2.90. The summed E-state index contributed by atoms with van der Waals surface area (Å²) in [6, 6.07) is 0. The molecule has 120 valence electrons. The lowest BCUT2D eigenvalue weighted by Gasteiger charge is -2.31. The predicted octanol–water partition coefficient (Wildman–Crippen LogP) is 0.497. The number of nitrogens with one attached hydrogen (secondary N) is 2. The Balaban J connectivity index is 0.00000200. The predicted molar refractivity (Wildman–Crippen MR) is 81.4 cm³/mol. The van der Waals surface area contributed by atoms with Crippen LogP contribution in [0.2, 0.25) is 0 Å². The Kier molecular flexibility index (Phi) is 7.17. The quantitative estimate of drug-likeness (QED) is 0.745. The standard InChI is InChI=1S/C12H25N3O3S.ClH/c1-18-11-12(6-5-7-13-12)10-14-19(16,17)15-8-3-2-4-9-15;/h13-14H,2-11H2,1H3;1H. The molecule has 0 aromatic heterocycles. The van der Waals surface area contributed by atoms with Gasteiger partial charge in [0.15, 0.2) is 0 Å². The second-order valence-electron chi connectivity index (χ2n) is 5.53. The molecule has 6 nitrogen and oxygen atoms in total. The lowest BCUT2D eigenvalue weighted by molar-refractivity contribution is 0.122. The molecule has 2 heterocycles. The molecular weight excluding hydrogens is 302 g/mol. The summed E-state index contributed by atoms with van der Waals surface area (Å²) >= 11 is 0. The van der Waals surface area contributed by atoms with Crippen LogP contribution in [0.5, 0.6) is 0 Å². The molecule has 1 unspecified atom stereocenters. The Morgan fingerprint density at radius 3 is 2.50 bits per heavy atom. The molecule has 0 aromatic rings. The highest BCUT2D eigenvalue weighted by molar-refractivity contribution is 7.87. The molecule has 1 atom stereocenters. The highest BCUT2D eigenvalue weighted by Crippen LogP contribution is 2.20. The second kappa shape index (κ2) is 7.91. The van der Waals surface area contributed by atoms with E-state index < -0.39 is 10.2 Å². The zero-order valence-electron chi connectivity index (χ0n) is 12.1. The Labute approximate surface area is 128 Å². The van der Waals surface area contributed by atoms with E-state index in [9.17, 15) is 8.42 Å². The molecule has 20 heavy (non-hydrogen) atoms. The Bertz CT molecular complexity index is 379. The number of nitrogens with zero attached hydrogens (tertiary/aromatic N) is 1. The molecule has 2 fully saturated rings. The van der Waals surface area contributed by atoms with Crippen molar-refractivity contribution in [1.82, 2.24) is 14.3 Å². The van der Waals surface area contributed by atoms with Crippen molar-refractivity contribution in [1.29, 1.82) is 0 Å². The summed E-state index contributed by atoms with van der Waals surface area (Å²) in [4.78, 5) is 0. The van der Waals surface area contributed by atoms with Gasteiger partial charge < -0.3 is 10.1 Å². The molecule has 2 N–H and O–H groups in total. The number of piperidine rings is 1. The first-order valence-corrected chi connectivity index (χ1v) is 8.51. The van der Waals surface area contributed by atoms with Crippen LogP contribution in [-0.4, -0.2) is 58.2 Å². The van der Waals surface area contributed by atoms with Crippen LogP contribution in [-0.2, 0) is 14.9 Å². The summed E-state index contributed by atoms with van der Waals surface area (Å²) in [5.41, 5.74) is -0.238. The molecule has 0 amide bonds. The molecular formula is C12H26ClN3O3S. The average Bonchev–Trinajstić information content (AvgIpc) is 2.87. The van der Waals surface area contributed by atoms with Gasteiger partial charge in [-0.15, -0.1) is 12.4 Å². The van der Waals surface area contributed by atoms with Crippen LogP contribution in [0.15, 0.2) is 0 Å². The summed E-state index contributed by atoms with van der Waals surface area (Å²) < 4.78 is 34.0. The van der Waals surface area contributed by atoms with E-state index in [-0.39, 0.29) is 17.9 Å². The lowest BCUT2D eigenvalue weighted by atomic mass is 9.99. The molecule has 0 aliphatic carbocycles. The molecule has 0 radical (unpaired) electrons. The molecule has 0 spiro atoms. The maximum atomic E-state index is 12.2. The van der Waals surface area contributed by atoms with Crippen LogP contribution in [0.1, 0.15) is 32.1 Å². The van der Waals surface area contributed by atoms with Gasteiger partial charge in [-0.05, 0) is 32.2 Å². The number of hydrogen-bond donors (Lipinski definition) is 2. The zero-order valence-corrected chi connectivity index (χ0v) is 13.7. The minimum absolute atomic E-state index is 0. The van der Waals surface area contributed by atoms with Crippen molar-refractivity contribution in [2.75, 3.05) is 39.9 Å². The summed E-state index contributed by atoms with van der Waals surface area (Å²) in [7, 11) is -1.69. The van der Waals surface area contributed by atoms with Crippen molar-refractivity contribution in [3.8, 4) is 0 Å². The van der Waals surface area contributed by atoms with E-state index in [1.165, 1.54) is 0 Å². The van der Waals surface area contributed by atoms with Gasteiger partial charge in [0.05, 0.1) is 12.1 Å². The molecule has 2 aliphatic rings. The smallest absolute Gasteiger partial charge is 0.279 e.